The molecule has 35 heavy (non-hydrogen) atoms. The molecule has 0 saturated carbocycles. The standard InChI is InChI=1S/C28H19NO6/c1-33-21-12-5-9-17-15-22(35-27(17)21)25(30)23-24(20-13-6-14-34-20)29(28(32)26(23)31)19-11-4-8-16-7-2-3-10-18(16)19/h2-15,24,31H,1H3. The fourth-order valence-corrected chi connectivity index (χ4v) is 4.66. The molecule has 1 aliphatic heterocycles. The van der Waals surface area contributed by atoms with E-state index < -0.39 is 23.5 Å². The highest BCUT2D eigenvalue weighted by molar-refractivity contribution is 6.22. The third-order valence-corrected chi connectivity index (χ3v) is 6.24. The smallest absolute Gasteiger partial charge is 0.294 e. The van der Waals surface area contributed by atoms with Crippen molar-refractivity contribution in [2.75, 3.05) is 12.0 Å². The Hall–Kier alpha value is -4.78. The van der Waals surface area contributed by atoms with Crippen molar-refractivity contribution in [2.24, 2.45) is 0 Å². The predicted octanol–water partition coefficient (Wildman–Crippen LogP) is 5.97. The molecule has 5 aromatic rings. The van der Waals surface area contributed by atoms with Crippen molar-refractivity contribution in [3.63, 3.8) is 0 Å². The molecule has 1 atom stereocenters. The SMILES string of the molecule is COc1cccc2cc(C(=O)C3=C(O)C(=O)N(c4cccc5ccccc45)C3c3ccco3)oc12. The third-order valence-electron chi connectivity index (χ3n) is 6.24. The fraction of sp³-hybridized carbons (Fsp3) is 0.0714. The van der Waals surface area contributed by atoms with Gasteiger partial charge in [-0.3, -0.25) is 14.5 Å². The summed E-state index contributed by atoms with van der Waals surface area (Å²) in [5, 5.41) is 13.4. The summed E-state index contributed by atoms with van der Waals surface area (Å²) in [5.74, 6) is -1.15. The van der Waals surface area contributed by atoms with Gasteiger partial charge in [-0.05, 0) is 35.7 Å². The molecule has 7 nitrogen and oxygen atoms in total. The first-order valence-corrected chi connectivity index (χ1v) is 11.0. The molecular weight excluding hydrogens is 446 g/mol. The van der Waals surface area contributed by atoms with Crippen molar-refractivity contribution in [1.29, 1.82) is 0 Å². The Morgan fingerprint density at radius 2 is 1.74 bits per heavy atom. The molecule has 1 N–H and O–H groups in total. The highest BCUT2D eigenvalue weighted by atomic mass is 16.5. The monoisotopic (exact) mass is 465 g/mol. The van der Waals surface area contributed by atoms with Gasteiger partial charge < -0.3 is 18.7 Å². The van der Waals surface area contributed by atoms with Gasteiger partial charge in [0.1, 0.15) is 11.8 Å². The number of fused-ring (bicyclic) bond motifs is 2. The number of aliphatic hydroxyl groups excluding tert-OH is 1. The van der Waals surface area contributed by atoms with E-state index in [9.17, 15) is 14.7 Å². The van der Waals surface area contributed by atoms with Gasteiger partial charge in [0.25, 0.3) is 5.91 Å². The van der Waals surface area contributed by atoms with E-state index in [0.29, 0.717) is 28.2 Å². The minimum Gasteiger partial charge on any atom is -0.503 e. The predicted molar refractivity (Wildman–Crippen MR) is 130 cm³/mol. The molecule has 0 saturated heterocycles. The van der Waals surface area contributed by atoms with E-state index in [1.807, 2.05) is 36.4 Å². The van der Waals surface area contributed by atoms with E-state index in [2.05, 4.69) is 0 Å². The number of ketones is 1. The number of carbonyl (C=O) groups excluding carboxylic acids is 2. The Morgan fingerprint density at radius 3 is 2.54 bits per heavy atom. The number of methoxy groups -OCH3 is 1. The van der Waals surface area contributed by atoms with E-state index in [1.54, 1.807) is 42.5 Å². The van der Waals surface area contributed by atoms with Crippen LogP contribution in [0, 0.1) is 0 Å². The number of ether oxygens (including phenoxy) is 1. The van der Waals surface area contributed by atoms with Crippen LogP contribution in [0.4, 0.5) is 5.69 Å². The summed E-state index contributed by atoms with van der Waals surface area (Å²) in [4.78, 5) is 28.6. The number of amides is 1. The largest absolute Gasteiger partial charge is 0.503 e. The van der Waals surface area contributed by atoms with Crippen LogP contribution in [0.2, 0.25) is 0 Å². The number of hydrogen-bond acceptors (Lipinski definition) is 6. The highest BCUT2D eigenvalue weighted by Gasteiger charge is 2.47. The number of para-hydroxylation sites is 1. The van der Waals surface area contributed by atoms with Crippen molar-refractivity contribution < 1.29 is 28.3 Å². The lowest BCUT2D eigenvalue weighted by Crippen LogP contribution is -2.31. The zero-order valence-corrected chi connectivity index (χ0v) is 18.6. The van der Waals surface area contributed by atoms with Crippen molar-refractivity contribution in [3.05, 3.63) is 108 Å². The molecule has 2 aromatic heterocycles. The second kappa shape index (κ2) is 7.92. The maximum absolute atomic E-state index is 13.7. The molecule has 172 valence electrons. The molecule has 7 heteroatoms. The zero-order chi connectivity index (χ0) is 24.1. The number of furan rings is 2. The zero-order valence-electron chi connectivity index (χ0n) is 18.6. The van der Waals surface area contributed by atoms with E-state index in [1.165, 1.54) is 18.3 Å². The van der Waals surface area contributed by atoms with Crippen LogP contribution in [0.25, 0.3) is 21.7 Å². The van der Waals surface area contributed by atoms with E-state index >= 15 is 0 Å². The first kappa shape index (κ1) is 20.8. The van der Waals surface area contributed by atoms with Crippen molar-refractivity contribution in [2.45, 2.75) is 6.04 Å². The summed E-state index contributed by atoms with van der Waals surface area (Å²) in [6.07, 6.45) is 1.46. The summed E-state index contributed by atoms with van der Waals surface area (Å²) in [5.41, 5.74) is 0.842. The quantitative estimate of drug-likeness (QED) is 0.322. The number of Topliss-reactive ketones (excluding diaryl/α,β-unsaturated/α-hetero) is 1. The Bertz CT molecular complexity index is 1640. The van der Waals surface area contributed by atoms with E-state index in [-0.39, 0.29) is 11.3 Å². The van der Waals surface area contributed by atoms with Crippen LogP contribution in [0.5, 0.6) is 5.75 Å². The summed E-state index contributed by atoms with van der Waals surface area (Å²) in [6, 6.07) is 22.4. The normalized spacial score (nSPS) is 16.0. The lowest BCUT2D eigenvalue weighted by atomic mass is 9.98. The summed E-state index contributed by atoms with van der Waals surface area (Å²) in [6.45, 7) is 0. The first-order valence-electron chi connectivity index (χ1n) is 11.0. The molecule has 0 spiro atoms. The van der Waals surface area contributed by atoms with Gasteiger partial charge in [-0.15, -0.1) is 0 Å². The molecule has 1 unspecified atom stereocenters. The van der Waals surface area contributed by atoms with Gasteiger partial charge in [0.15, 0.2) is 22.9 Å². The van der Waals surface area contributed by atoms with Crippen LogP contribution in [-0.4, -0.2) is 23.9 Å². The number of hydrogen-bond donors (Lipinski definition) is 1. The molecule has 0 radical (unpaired) electrons. The van der Waals surface area contributed by atoms with E-state index in [4.69, 9.17) is 13.6 Å². The summed E-state index contributed by atoms with van der Waals surface area (Å²) < 4.78 is 16.8. The number of benzene rings is 3. The van der Waals surface area contributed by atoms with Gasteiger partial charge in [0.05, 0.1) is 24.6 Å². The summed E-state index contributed by atoms with van der Waals surface area (Å²) in [7, 11) is 1.51. The molecule has 1 aliphatic rings. The van der Waals surface area contributed by atoms with Crippen molar-refractivity contribution in [1.82, 2.24) is 0 Å². The minimum absolute atomic E-state index is 0.0184. The first-order chi connectivity index (χ1) is 17.1. The second-order valence-corrected chi connectivity index (χ2v) is 8.17. The van der Waals surface area contributed by atoms with Crippen molar-refractivity contribution >= 4 is 39.1 Å². The van der Waals surface area contributed by atoms with Crippen LogP contribution in [0.3, 0.4) is 0 Å². The van der Waals surface area contributed by atoms with Gasteiger partial charge in [-0.25, -0.2) is 0 Å². The van der Waals surface area contributed by atoms with Crippen LogP contribution in [-0.2, 0) is 4.79 Å². The van der Waals surface area contributed by atoms with Gasteiger partial charge in [0.2, 0.25) is 5.78 Å². The van der Waals surface area contributed by atoms with Gasteiger partial charge >= 0.3 is 0 Å². The highest BCUT2D eigenvalue weighted by Crippen LogP contribution is 2.44. The lowest BCUT2D eigenvalue weighted by molar-refractivity contribution is -0.117. The number of anilines is 1. The molecule has 0 fully saturated rings. The van der Waals surface area contributed by atoms with Gasteiger partial charge in [-0.1, -0.05) is 48.5 Å². The maximum atomic E-state index is 13.7. The molecule has 0 bridgehead atoms. The molecule has 1 amide bonds. The molecule has 6 rings (SSSR count). The summed E-state index contributed by atoms with van der Waals surface area (Å²) >= 11 is 0. The lowest BCUT2D eigenvalue weighted by Gasteiger charge is -2.26. The number of nitrogens with zero attached hydrogens (tertiary/aromatic N) is 1. The Morgan fingerprint density at radius 1 is 0.971 bits per heavy atom. The van der Waals surface area contributed by atoms with Gasteiger partial charge in [-0.2, -0.15) is 0 Å². The van der Waals surface area contributed by atoms with E-state index in [0.717, 1.165) is 10.8 Å². The molecular formula is C28H19NO6. The Balaban J connectivity index is 1.52. The minimum atomic E-state index is -0.981. The molecule has 3 aromatic carbocycles. The van der Waals surface area contributed by atoms with Gasteiger partial charge in [0, 0.05) is 10.8 Å². The van der Waals surface area contributed by atoms with Crippen LogP contribution in [0.1, 0.15) is 22.4 Å². The average molecular weight is 465 g/mol. The van der Waals surface area contributed by atoms with Crippen LogP contribution < -0.4 is 9.64 Å². The topological polar surface area (TPSA) is 93.1 Å². The third kappa shape index (κ3) is 3.13. The fourth-order valence-electron chi connectivity index (χ4n) is 4.66. The molecule has 3 heterocycles. The Kier molecular flexibility index (Phi) is 4.70. The average Bonchev–Trinajstić information content (AvgIpc) is 3.62. The van der Waals surface area contributed by atoms with Crippen LogP contribution >= 0.6 is 0 Å². The van der Waals surface area contributed by atoms with Crippen molar-refractivity contribution in [3.8, 4) is 5.75 Å². The molecule has 0 aliphatic carbocycles. The Labute approximate surface area is 199 Å². The number of carbonyl (C=O) groups is 2. The maximum Gasteiger partial charge on any atom is 0.294 e. The number of aliphatic hydroxyl groups is 1. The second-order valence-electron chi connectivity index (χ2n) is 8.17. The number of rotatable bonds is 5. The van der Waals surface area contributed by atoms with Crippen LogP contribution in [0.15, 0.2) is 105 Å².